The molecule has 0 amide bonds. The second kappa shape index (κ2) is 8.84. The Balaban J connectivity index is 1.60. The zero-order valence-corrected chi connectivity index (χ0v) is 18.4. The Morgan fingerprint density at radius 2 is 1.70 bits per heavy atom. The monoisotopic (exact) mass is 444 g/mol. The highest BCUT2D eigenvalue weighted by Crippen LogP contribution is 2.31. The topological polar surface area (TPSA) is 53.8 Å². The minimum Gasteiger partial charge on any atom is -0.468 e. The maximum atomic E-state index is 13.6. The fourth-order valence-corrected chi connectivity index (χ4v) is 5.73. The van der Waals surface area contributed by atoms with Gasteiger partial charge in [0, 0.05) is 24.2 Å². The van der Waals surface area contributed by atoms with Crippen molar-refractivity contribution < 1.29 is 12.8 Å². The predicted octanol–water partition coefficient (Wildman–Crippen LogP) is 5.10. The summed E-state index contributed by atoms with van der Waals surface area (Å²) in [6, 6.07) is 17.8. The average molecular weight is 445 g/mol. The fraction of sp³-hybridized carbons (Fsp3) is 0.304. The van der Waals surface area contributed by atoms with Crippen LogP contribution in [0.5, 0.6) is 0 Å². The molecule has 7 heteroatoms. The van der Waals surface area contributed by atoms with E-state index in [0.717, 1.165) is 43.8 Å². The number of furan rings is 1. The van der Waals surface area contributed by atoms with Crippen LogP contribution in [-0.4, -0.2) is 32.4 Å². The van der Waals surface area contributed by atoms with Crippen molar-refractivity contribution in [2.24, 2.45) is 0 Å². The van der Waals surface area contributed by atoms with Crippen molar-refractivity contribution in [2.45, 2.75) is 37.2 Å². The maximum absolute atomic E-state index is 13.6. The van der Waals surface area contributed by atoms with Crippen LogP contribution < -0.4 is 4.31 Å². The third-order valence-corrected chi connectivity index (χ3v) is 7.65. The zero-order chi connectivity index (χ0) is 21.1. The number of aryl methyl sites for hydroxylation is 1. The summed E-state index contributed by atoms with van der Waals surface area (Å²) in [6.07, 6.45) is 3.18. The first-order valence-corrected chi connectivity index (χ1v) is 11.9. The molecule has 5 nitrogen and oxygen atoms in total. The summed E-state index contributed by atoms with van der Waals surface area (Å²) < 4.78 is 34.3. The van der Waals surface area contributed by atoms with Crippen molar-refractivity contribution in [3.05, 3.63) is 83.3 Å². The largest absolute Gasteiger partial charge is 0.468 e. The lowest BCUT2D eigenvalue weighted by atomic mass is 10.0. The maximum Gasteiger partial charge on any atom is 0.264 e. The molecule has 0 radical (unpaired) electrons. The summed E-state index contributed by atoms with van der Waals surface area (Å²) in [7, 11) is -3.71. The molecule has 4 rings (SSSR count). The van der Waals surface area contributed by atoms with Gasteiger partial charge in [-0.1, -0.05) is 29.3 Å². The van der Waals surface area contributed by atoms with Gasteiger partial charge in [0.15, 0.2) is 0 Å². The molecule has 1 aliphatic rings. The summed E-state index contributed by atoms with van der Waals surface area (Å²) in [6.45, 7) is 4.36. The van der Waals surface area contributed by atoms with Crippen LogP contribution in [0.1, 0.15) is 24.2 Å². The molecule has 3 aromatic rings. The van der Waals surface area contributed by atoms with E-state index in [1.807, 2.05) is 43.3 Å². The average Bonchev–Trinajstić information content (AvgIpc) is 3.24. The standard InChI is InChI=1S/C23H25ClN2O3S/c1-18-4-8-20(9-5-18)26(30(27,28)23-10-6-19(24)7-11-23)21-12-14-25(15-13-21)17-22-3-2-16-29-22/h2-11,16,21H,12-15,17H2,1H3. The van der Waals surface area contributed by atoms with Crippen LogP contribution in [0.25, 0.3) is 0 Å². The second-order valence-corrected chi connectivity index (χ2v) is 9.93. The molecule has 30 heavy (non-hydrogen) atoms. The third-order valence-electron chi connectivity index (χ3n) is 5.51. The number of hydrogen-bond donors (Lipinski definition) is 0. The SMILES string of the molecule is Cc1ccc(N(C2CCN(Cc3ccco3)CC2)S(=O)(=O)c2ccc(Cl)cc2)cc1. The van der Waals surface area contributed by atoms with Gasteiger partial charge in [-0.3, -0.25) is 9.21 Å². The number of halogens is 1. The number of anilines is 1. The molecule has 2 heterocycles. The van der Waals surface area contributed by atoms with E-state index >= 15 is 0 Å². The first kappa shape index (κ1) is 21.0. The Hall–Kier alpha value is -2.28. The third kappa shape index (κ3) is 4.56. The fourth-order valence-electron chi connectivity index (χ4n) is 3.89. The minimum atomic E-state index is -3.71. The molecule has 1 saturated heterocycles. The first-order chi connectivity index (χ1) is 14.4. The van der Waals surface area contributed by atoms with Crippen LogP contribution in [0.15, 0.2) is 76.2 Å². The summed E-state index contributed by atoms with van der Waals surface area (Å²) in [5, 5.41) is 0.516. The van der Waals surface area contributed by atoms with Crippen molar-refractivity contribution in [3.8, 4) is 0 Å². The number of piperidine rings is 1. The molecular formula is C23H25ClN2O3S. The lowest BCUT2D eigenvalue weighted by molar-refractivity contribution is 0.193. The number of benzene rings is 2. The van der Waals surface area contributed by atoms with E-state index < -0.39 is 10.0 Å². The Kier molecular flexibility index (Phi) is 6.18. The molecule has 0 aliphatic carbocycles. The molecule has 1 aliphatic heterocycles. The van der Waals surface area contributed by atoms with Crippen molar-refractivity contribution >= 4 is 27.3 Å². The van der Waals surface area contributed by atoms with E-state index in [4.69, 9.17) is 16.0 Å². The van der Waals surface area contributed by atoms with E-state index in [9.17, 15) is 8.42 Å². The van der Waals surface area contributed by atoms with Gasteiger partial charge in [-0.15, -0.1) is 0 Å². The number of hydrogen-bond acceptors (Lipinski definition) is 4. The lowest BCUT2D eigenvalue weighted by Crippen LogP contribution is -2.47. The highest BCUT2D eigenvalue weighted by atomic mass is 35.5. The summed E-state index contributed by atoms with van der Waals surface area (Å²) in [4.78, 5) is 2.56. The van der Waals surface area contributed by atoms with Gasteiger partial charge in [-0.2, -0.15) is 0 Å². The molecule has 2 aromatic carbocycles. The number of likely N-dealkylation sites (tertiary alicyclic amines) is 1. The molecule has 1 fully saturated rings. The molecule has 0 spiro atoms. The lowest BCUT2D eigenvalue weighted by Gasteiger charge is -2.38. The van der Waals surface area contributed by atoms with Gasteiger partial charge in [-0.25, -0.2) is 8.42 Å². The van der Waals surface area contributed by atoms with Gasteiger partial charge < -0.3 is 4.42 Å². The van der Waals surface area contributed by atoms with E-state index in [1.54, 1.807) is 34.8 Å². The van der Waals surface area contributed by atoms with Crippen LogP contribution in [0.2, 0.25) is 5.02 Å². The molecule has 0 unspecified atom stereocenters. The summed E-state index contributed by atoms with van der Waals surface area (Å²) >= 11 is 5.98. The van der Waals surface area contributed by atoms with Crippen LogP contribution in [0.3, 0.4) is 0 Å². The van der Waals surface area contributed by atoms with Crippen molar-refractivity contribution in [3.63, 3.8) is 0 Å². The predicted molar refractivity (Wildman–Crippen MR) is 119 cm³/mol. The molecule has 0 atom stereocenters. The number of sulfonamides is 1. The Bertz CT molecular complexity index is 1060. The summed E-state index contributed by atoms with van der Waals surface area (Å²) in [5.74, 6) is 0.928. The Morgan fingerprint density at radius 3 is 2.30 bits per heavy atom. The Morgan fingerprint density at radius 1 is 1.03 bits per heavy atom. The van der Waals surface area contributed by atoms with Gasteiger partial charge >= 0.3 is 0 Å². The van der Waals surface area contributed by atoms with Gasteiger partial charge in [0.1, 0.15) is 5.76 Å². The van der Waals surface area contributed by atoms with E-state index in [1.165, 1.54) is 0 Å². The number of nitrogens with zero attached hydrogens (tertiary/aromatic N) is 2. The van der Waals surface area contributed by atoms with Crippen LogP contribution >= 0.6 is 11.6 Å². The van der Waals surface area contributed by atoms with E-state index in [2.05, 4.69) is 4.90 Å². The molecule has 0 N–H and O–H groups in total. The van der Waals surface area contributed by atoms with Crippen LogP contribution in [-0.2, 0) is 16.6 Å². The highest BCUT2D eigenvalue weighted by molar-refractivity contribution is 7.92. The Labute approximate surface area is 182 Å². The van der Waals surface area contributed by atoms with Crippen LogP contribution in [0, 0.1) is 6.92 Å². The van der Waals surface area contributed by atoms with E-state index in [0.29, 0.717) is 10.7 Å². The summed E-state index contributed by atoms with van der Waals surface area (Å²) in [5.41, 5.74) is 1.79. The van der Waals surface area contributed by atoms with Gasteiger partial charge in [-0.05, 0) is 68.3 Å². The minimum absolute atomic E-state index is 0.110. The molecular weight excluding hydrogens is 420 g/mol. The first-order valence-electron chi connectivity index (χ1n) is 10.0. The highest BCUT2D eigenvalue weighted by Gasteiger charge is 2.34. The van der Waals surface area contributed by atoms with Gasteiger partial charge in [0.2, 0.25) is 0 Å². The second-order valence-electron chi connectivity index (χ2n) is 7.68. The molecule has 1 aromatic heterocycles. The number of rotatable bonds is 6. The van der Waals surface area contributed by atoms with Crippen molar-refractivity contribution in [1.82, 2.24) is 4.90 Å². The smallest absolute Gasteiger partial charge is 0.264 e. The molecule has 0 bridgehead atoms. The molecule has 0 saturated carbocycles. The van der Waals surface area contributed by atoms with Crippen molar-refractivity contribution in [2.75, 3.05) is 17.4 Å². The van der Waals surface area contributed by atoms with Crippen LogP contribution in [0.4, 0.5) is 5.69 Å². The zero-order valence-electron chi connectivity index (χ0n) is 16.9. The van der Waals surface area contributed by atoms with Gasteiger partial charge in [0.05, 0.1) is 23.4 Å². The van der Waals surface area contributed by atoms with Crippen molar-refractivity contribution in [1.29, 1.82) is 0 Å². The van der Waals surface area contributed by atoms with E-state index in [-0.39, 0.29) is 10.9 Å². The molecule has 158 valence electrons. The van der Waals surface area contributed by atoms with Gasteiger partial charge in [0.25, 0.3) is 10.0 Å². The quantitative estimate of drug-likeness (QED) is 0.530. The normalized spacial score (nSPS) is 15.9.